The number of nitrogens with one attached hydrogen (secondary N) is 2. The Bertz CT molecular complexity index is 1160. The Labute approximate surface area is 198 Å². The van der Waals surface area contributed by atoms with Gasteiger partial charge in [-0.15, -0.1) is 0 Å². The molecule has 0 saturated heterocycles. The fourth-order valence-electron chi connectivity index (χ4n) is 3.51. The lowest BCUT2D eigenvalue weighted by Gasteiger charge is -2.25. The van der Waals surface area contributed by atoms with Crippen molar-refractivity contribution in [3.05, 3.63) is 63.9 Å². The van der Waals surface area contributed by atoms with Crippen molar-refractivity contribution in [2.45, 2.75) is 13.0 Å². The lowest BCUT2D eigenvalue weighted by Crippen LogP contribution is -2.42. The normalized spacial score (nSPS) is 10.7. The zero-order chi connectivity index (χ0) is 23.8. The fraction of sp³-hybridized carbons (Fsp3) is 0.333. The number of aromatic amines is 1. The molecule has 2 aromatic carbocycles. The second kappa shape index (κ2) is 11.5. The highest BCUT2D eigenvalue weighted by atomic mass is 32.1. The van der Waals surface area contributed by atoms with Crippen molar-refractivity contribution in [2.24, 2.45) is 0 Å². The van der Waals surface area contributed by atoms with E-state index in [1.165, 1.54) is 0 Å². The van der Waals surface area contributed by atoms with Gasteiger partial charge < -0.3 is 34.5 Å². The molecule has 0 fully saturated rings. The Morgan fingerprint density at radius 3 is 2.55 bits per heavy atom. The summed E-state index contributed by atoms with van der Waals surface area (Å²) < 4.78 is 15.8. The van der Waals surface area contributed by atoms with Crippen LogP contribution in [0.5, 0.6) is 17.2 Å². The topological polar surface area (TPSA) is 96.1 Å². The molecule has 3 rings (SSSR count). The van der Waals surface area contributed by atoms with E-state index >= 15 is 0 Å². The molecule has 0 unspecified atom stereocenters. The van der Waals surface area contributed by atoms with E-state index in [0.717, 1.165) is 10.9 Å². The predicted molar refractivity (Wildman–Crippen MR) is 132 cm³/mol. The molecule has 0 aliphatic heterocycles. The molecule has 176 valence electrons. The van der Waals surface area contributed by atoms with Gasteiger partial charge in [-0.1, -0.05) is 6.07 Å². The third-order valence-corrected chi connectivity index (χ3v) is 5.69. The number of aliphatic hydroxyl groups excluding tert-OH is 1. The molecule has 0 radical (unpaired) electrons. The van der Waals surface area contributed by atoms with E-state index in [4.69, 9.17) is 26.4 Å². The number of aliphatic hydroxyl groups is 1. The summed E-state index contributed by atoms with van der Waals surface area (Å²) in [6, 6.07) is 13.1. The fourth-order valence-corrected chi connectivity index (χ4v) is 3.77. The minimum Gasteiger partial charge on any atom is -0.497 e. The zero-order valence-electron chi connectivity index (χ0n) is 19.0. The van der Waals surface area contributed by atoms with E-state index in [2.05, 4.69) is 10.3 Å². The molecule has 0 saturated carbocycles. The molecule has 33 heavy (non-hydrogen) atoms. The number of pyridine rings is 1. The van der Waals surface area contributed by atoms with Crippen molar-refractivity contribution in [3.63, 3.8) is 0 Å². The summed E-state index contributed by atoms with van der Waals surface area (Å²) in [5, 5.41) is 14.1. The molecule has 0 spiro atoms. The van der Waals surface area contributed by atoms with Gasteiger partial charge in [0.2, 0.25) is 0 Å². The molecule has 0 bridgehead atoms. The Morgan fingerprint density at radius 1 is 1.06 bits per heavy atom. The lowest BCUT2D eigenvalue weighted by atomic mass is 10.1. The lowest BCUT2D eigenvalue weighted by molar-refractivity contribution is 0.245. The van der Waals surface area contributed by atoms with E-state index < -0.39 is 0 Å². The van der Waals surface area contributed by atoms with Crippen LogP contribution in [-0.4, -0.2) is 61.1 Å². The van der Waals surface area contributed by atoms with Crippen molar-refractivity contribution in [1.29, 1.82) is 0 Å². The van der Waals surface area contributed by atoms with Crippen LogP contribution < -0.4 is 25.1 Å². The molecule has 0 aliphatic carbocycles. The number of nitrogens with zero attached hydrogens (tertiary/aromatic N) is 1. The quantitative estimate of drug-likeness (QED) is 0.388. The van der Waals surface area contributed by atoms with Crippen LogP contribution in [-0.2, 0) is 13.0 Å². The van der Waals surface area contributed by atoms with Crippen molar-refractivity contribution in [2.75, 3.05) is 41.0 Å². The number of aromatic nitrogens is 1. The molecule has 0 aliphatic rings. The van der Waals surface area contributed by atoms with Crippen molar-refractivity contribution < 1.29 is 19.3 Å². The van der Waals surface area contributed by atoms with Crippen molar-refractivity contribution in [3.8, 4) is 17.2 Å². The van der Waals surface area contributed by atoms with E-state index in [9.17, 15) is 9.90 Å². The number of fused-ring (bicyclic) bond motifs is 1. The number of ether oxygens (including phenoxy) is 3. The second-order valence-corrected chi connectivity index (χ2v) is 7.78. The van der Waals surface area contributed by atoms with E-state index in [1.807, 2.05) is 36.4 Å². The van der Waals surface area contributed by atoms with Gasteiger partial charge in [0, 0.05) is 24.7 Å². The van der Waals surface area contributed by atoms with Crippen molar-refractivity contribution >= 4 is 28.2 Å². The maximum atomic E-state index is 12.6. The van der Waals surface area contributed by atoms with Crippen LogP contribution in [0.15, 0.2) is 47.3 Å². The summed E-state index contributed by atoms with van der Waals surface area (Å²) in [4.78, 5) is 17.3. The standard InChI is InChI=1S/C24H29N3O5S/c1-30-19-6-5-17-13-18(23(29)26-20(17)14-19)15-27(10-11-28)24(33)25-9-8-16-4-7-21(31-2)22(12-16)32-3/h4-7,12-14,28H,8-11,15H2,1-3H3,(H,25,33)(H,26,29). The third-order valence-electron chi connectivity index (χ3n) is 5.29. The van der Waals surface area contributed by atoms with Crippen LogP contribution in [0, 0.1) is 0 Å². The number of rotatable bonds is 10. The summed E-state index contributed by atoms with van der Waals surface area (Å²) in [5.41, 5.74) is 2.13. The monoisotopic (exact) mass is 471 g/mol. The van der Waals surface area contributed by atoms with Crippen molar-refractivity contribution in [1.82, 2.24) is 15.2 Å². The van der Waals surface area contributed by atoms with E-state index in [-0.39, 0.29) is 18.7 Å². The summed E-state index contributed by atoms with van der Waals surface area (Å²) in [7, 11) is 4.79. The number of benzene rings is 2. The molecule has 0 amide bonds. The number of methoxy groups -OCH3 is 3. The molecule has 1 aromatic heterocycles. The molecule has 8 nitrogen and oxygen atoms in total. The SMILES string of the molecule is COc1ccc2cc(CN(CCO)C(=S)NCCc3ccc(OC)c(OC)c3)c(=O)[nH]c2c1. The minimum absolute atomic E-state index is 0.0832. The van der Waals surface area contributed by atoms with E-state index in [1.54, 1.807) is 32.3 Å². The van der Waals surface area contributed by atoms with Gasteiger partial charge in [-0.05, 0) is 59.9 Å². The molecular weight excluding hydrogens is 442 g/mol. The molecular formula is C24H29N3O5S. The Morgan fingerprint density at radius 2 is 1.85 bits per heavy atom. The average Bonchev–Trinajstić information content (AvgIpc) is 2.83. The number of hydrogen-bond acceptors (Lipinski definition) is 6. The first-order valence-corrected chi connectivity index (χ1v) is 10.9. The summed E-state index contributed by atoms with van der Waals surface area (Å²) in [6.45, 7) is 1.09. The smallest absolute Gasteiger partial charge is 0.253 e. The number of H-pyrrole nitrogens is 1. The summed E-state index contributed by atoms with van der Waals surface area (Å²) in [5.74, 6) is 2.03. The van der Waals surface area contributed by atoms with Crippen LogP contribution in [0.4, 0.5) is 0 Å². The van der Waals surface area contributed by atoms with Crippen LogP contribution in [0.1, 0.15) is 11.1 Å². The molecule has 3 N–H and O–H groups in total. The second-order valence-electron chi connectivity index (χ2n) is 7.39. The number of hydrogen-bond donors (Lipinski definition) is 3. The van der Waals surface area contributed by atoms with Crippen LogP contribution in [0.2, 0.25) is 0 Å². The predicted octanol–water partition coefficient (Wildman–Crippen LogP) is 2.47. The first kappa shape index (κ1) is 24.3. The Kier molecular flexibility index (Phi) is 8.51. The van der Waals surface area contributed by atoms with Gasteiger partial charge in [0.05, 0.1) is 40.0 Å². The maximum absolute atomic E-state index is 12.6. The van der Waals surface area contributed by atoms with Gasteiger partial charge in [0.25, 0.3) is 5.56 Å². The first-order chi connectivity index (χ1) is 16.0. The molecule has 3 aromatic rings. The zero-order valence-corrected chi connectivity index (χ0v) is 19.8. The van der Waals surface area contributed by atoms with Gasteiger partial charge in [-0.2, -0.15) is 0 Å². The molecule has 9 heteroatoms. The highest BCUT2D eigenvalue weighted by molar-refractivity contribution is 7.80. The van der Waals surface area contributed by atoms with Crippen LogP contribution in [0.3, 0.4) is 0 Å². The Hall–Kier alpha value is -3.30. The summed E-state index contributed by atoms with van der Waals surface area (Å²) in [6.07, 6.45) is 0.714. The molecule has 1 heterocycles. The van der Waals surface area contributed by atoms with Gasteiger partial charge in [-0.3, -0.25) is 4.79 Å². The minimum atomic E-state index is -0.202. The summed E-state index contributed by atoms with van der Waals surface area (Å²) >= 11 is 5.55. The highest BCUT2D eigenvalue weighted by Crippen LogP contribution is 2.27. The van der Waals surface area contributed by atoms with Gasteiger partial charge in [-0.25, -0.2) is 0 Å². The Balaban J connectivity index is 1.66. The highest BCUT2D eigenvalue weighted by Gasteiger charge is 2.13. The first-order valence-electron chi connectivity index (χ1n) is 10.5. The number of thiocarbonyl (C=S) groups is 1. The average molecular weight is 472 g/mol. The maximum Gasteiger partial charge on any atom is 0.253 e. The van der Waals surface area contributed by atoms with Gasteiger partial charge >= 0.3 is 0 Å². The van der Waals surface area contributed by atoms with E-state index in [0.29, 0.717) is 53.0 Å². The van der Waals surface area contributed by atoms with Crippen LogP contribution in [0.25, 0.3) is 10.9 Å². The van der Waals surface area contributed by atoms with Gasteiger partial charge in [0.1, 0.15) is 5.75 Å². The third kappa shape index (κ3) is 6.15. The van der Waals surface area contributed by atoms with Crippen LogP contribution >= 0.6 is 12.2 Å². The molecule has 0 atom stereocenters. The van der Waals surface area contributed by atoms with Gasteiger partial charge in [0.15, 0.2) is 16.6 Å². The largest absolute Gasteiger partial charge is 0.497 e.